The van der Waals surface area contributed by atoms with Crippen molar-refractivity contribution in [1.82, 2.24) is 0 Å². The van der Waals surface area contributed by atoms with Crippen molar-refractivity contribution in [2.45, 2.75) is 6.92 Å². The van der Waals surface area contributed by atoms with Gasteiger partial charge in [0.1, 0.15) is 29.1 Å². The third-order valence-corrected chi connectivity index (χ3v) is 4.71. The van der Waals surface area contributed by atoms with Crippen molar-refractivity contribution < 1.29 is 23.4 Å². The minimum atomic E-state index is -0.314. The molecule has 0 spiro atoms. The Morgan fingerprint density at radius 3 is 2.34 bits per heavy atom. The average molecular weight is 431 g/mol. The SMILES string of the molecule is COc1ccc(Oc2coc3cc(OCC(=O)Nc4ccc(C)cc4)ccc3c2=O)cc1. The van der Waals surface area contributed by atoms with Crippen LogP contribution in [0.25, 0.3) is 11.0 Å². The third kappa shape index (κ3) is 4.89. The van der Waals surface area contributed by atoms with Crippen LogP contribution in [-0.2, 0) is 4.79 Å². The van der Waals surface area contributed by atoms with Crippen LogP contribution in [0.5, 0.6) is 23.0 Å². The second kappa shape index (κ2) is 9.26. The van der Waals surface area contributed by atoms with Gasteiger partial charge in [0.2, 0.25) is 11.2 Å². The van der Waals surface area contributed by atoms with Gasteiger partial charge < -0.3 is 23.9 Å². The second-order valence-electron chi connectivity index (χ2n) is 7.07. The van der Waals surface area contributed by atoms with E-state index >= 15 is 0 Å². The number of benzene rings is 3. The number of methoxy groups -OCH3 is 1. The van der Waals surface area contributed by atoms with Gasteiger partial charge in [0, 0.05) is 11.8 Å². The Morgan fingerprint density at radius 2 is 1.62 bits per heavy atom. The number of ether oxygens (including phenoxy) is 3. The van der Waals surface area contributed by atoms with Crippen molar-refractivity contribution in [2.75, 3.05) is 19.0 Å². The van der Waals surface area contributed by atoms with Gasteiger partial charge in [0.05, 0.1) is 12.5 Å². The smallest absolute Gasteiger partial charge is 0.262 e. The molecular weight excluding hydrogens is 410 g/mol. The minimum Gasteiger partial charge on any atom is -0.497 e. The van der Waals surface area contributed by atoms with E-state index < -0.39 is 0 Å². The molecule has 0 atom stereocenters. The molecule has 0 bridgehead atoms. The van der Waals surface area contributed by atoms with Crippen molar-refractivity contribution in [1.29, 1.82) is 0 Å². The first-order valence-electron chi connectivity index (χ1n) is 9.88. The highest BCUT2D eigenvalue weighted by atomic mass is 16.5. The minimum absolute atomic E-state index is 0.0637. The molecule has 1 N–H and O–H groups in total. The van der Waals surface area contributed by atoms with Gasteiger partial charge >= 0.3 is 0 Å². The predicted octanol–water partition coefficient (Wildman–Crippen LogP) is 4.92. The quantitative estimate of drug-likeness (QED) is 0.447. The Kier molecular flexibility index (Phi) is 6.07. The van der Waals surface area contributed by atoms with Crippen LogP contribution in [0.15, 0.2) is 82.2 Å². The molecule has 162 valence electrons. The highest BCUT2D eigenvalue weighted by Gasteiger charge is 2.11. The number of nitrogens with one attached hydrogen (secondary N) is 1. The molecule has 32 heavy (non-hydrogen) atoms. The van der Waals surface area contributed by atoms with Crippen LogP contribution in [-0.4, -0.2) is 19.6 Å². The van der Waals surface area contributed by atoms with Crippen molar-refractivity contribution in [3.05, 3.63) is 88.8 Å². The summed E-state index contributed by atoms with van der Waals surface area (Å²) in [5.41, 5.74) is 1.81. The zero-order chi connectivity index (χ0) is 22.5. The zero-order valence-corrected chi connectivity index (χ0v) is 17.6. The van der Waals surface area contributed by atoms with Gasteiger partial charge in [0.15, 0.2) is 6.61 Å². The van der Waals surface area contributed by atoms with Crippen LogP contribution in [0, 0.1) is 6.92 Å². The summed E-state index contributed by atoms with van der Waals surface area (Å²) in [5, 5.41) is 3.10. The zero-order valence-electron chi connectivity index (χ0n) is 17.6. The van der Waals surface area contributed by atoms with E-state index in [1.54, 1.807) is 49.6 Å². The number of rotatable bonds is 7. The lowest BCUT2D eigenvalue weighted by Gasteiger charge is -2.09. The van der Waals surface area contributed by atoms with Gasteiger partial charge in [-0.15, -0.1) is 0 Å². The molecule has 4 rings (SSSR count). The van der Waals surface area contributed by atoms with E-state index in [1.807, 2.05) is 31.2 Å². The average Bonchev–Trinajstić information content (AvgIpc) is 2.81. The summed E-state index contributed by atoms with van der Waals surface area (Å²) in [6.07, 6.45) is 1.25. The first-order chi connectivity index (χ1) is 15.5. The van der Waals surface area contributed by atoms with Crippen molar-refractivity contribution >= 4 is 22.6 Å². The molecule has 0 radical (unpaired) electrons. The molecule has 7 nitrogen and oxygen atoms in total. The second-order valence-corrected chi connectivity index (χ2v) is 7.07. The van der Waals surface area contributed by atoms with Gasteiger partial charge in [-0.05, 0) is 55.5 Å². The van der Waals surface area contributed by atoms with Crippen molar-refractivity contribution in [3.8, 4) is 23.0 Å². The Morgan fingerprint density at radius 1 is 0.938 bits per heavy atom. The van der Waals surface area contributed by atoms with Gasteiger partial charge in [-0.3, -0.25) is 9.59 Å². The molecule has 0 fully saturated rings. The van der Waals surface area contributed by atoms with E-state index in [1.165, 1.54) is 6.26 Å². The molecule has 7 heteroatoms. The topological polar surface area (TPSA) is 87.0 Å². The lowest BCUT2D eigenvalue weighted by atomic mass is 10.2. The number of hydrogen-bond acceptors (Lipinski definition) is 6. The number of amides is 1. The normalized spacial score (nSPS) is 10.6. The summed E-state index contributed by atoms with van der Waals surface area (Å²) in [6, 6.07) is 19.1. The van der Waals surface area contributed by atoms with Crippen LogP contribution in [0.4, 0.5) is 5.69 Å². The van der Waals surface area contributed by atoms with E-state index in [-0.39, 0.29) is 23.7 Å². The highest BCUT2D eigenvalue weighted by molar-refractivity contribution is 5.92. The number of carbonyl (C=O) groups excluding carboxylic acids is 1. The molecule has 0 saturated heterocycles. The first-order valence-corrected chi connectivity index (χ1v) is 9.88. The fourth-order valence-electron chi connectivity index (χ4n) is 3.00. The number of hydrogen-bond donors (Lipinski definition) is 1. The number of aryl methyl sites for hydroxylation is 1. The summed E-state index contributed by atoms with van der Waals surface area (Å²) < 4.78 is 21.9. The molecule has 1 heterocycles. The Hall–Kier alpha value is -4.26. The Labute approximate surface area is 184 Å². The van der Waals surface area contributed by atoms with Crippen LogP contribution in [0.1, 0.15) is 5.56 Å². The molecule has 0 aliphatic heterocycles. The molecule has 1 aromatic heterocycles. The van der Waals surface area contributed by atoms with Gasteiger partial charge in [-0.1, -0.05) is 17.7 Å². The van der Waals surface area contributed by atoms with Gasteiger partial charge in [-0.2, -0.15) is 0 Å². The molecule has 0 saturated carbocycles. The lowest BCUT2D eigenvalue weighted by molar-refractivity contribution is -0.118. The molecular formula is C25H21NO6. The van der Waals surface area contributed by atoms with Crippen LogP contribution >= 0.6 is 0 Å². The lowest BCUT2D eigenvalue weighted by Crippen LogP contribution is -2.20. The van der Waals surface area contributed by atoms with E-state index in [9.17, 15) is 9.59 Å². The van der Waals surface area contributed by atoms with Gasteiger partial charge in [-0.25, -0.2) is 0 Å². The van der Waals surface area contributed by atoms with E-state index in [0.717, 1.165) is 5.56 Å². The van der Waals surface area contributed by atoms with Crippen LogP contribution in [0.3, 0.4) is 0 Å². The summed E-state index contributed by atoms with van der Waals surface area (Å²) in [5.74, 6) is 1.34. The van der Waals surface area contributed by atoms with E-state index in [4.69, 9.17) is 18.6 Å². The maximum atomic E-state index is 12.7. The maximum Gasteiger partial charge on any atom is 0.262 e. The molecule has 0 aliphatic carbocycles. The summed E-state index contributed by atoms with van der Waals surface area (Å²) in [6.45, 7) is 1.79. The molecule has 4 aromatic rings. The Bertz CT molecular complexity index is 1290. The summed E-state index contributed by atoms with van der Waals surface area (Å²) in [4.78, 5) is 24.9. The molecule has 0 unspecified atom stereocenters. The molecule has 0 aliphatic rings. The maximum absolute atomic E-state index is 12.7. The third-order valence-electron chi connectivity index (χ3n) is 4.71. The van der Waals surface area contributed by atoms with E-state index in [0.29, 0.717) is 33.9 Å². The summed E-state index contributed by atoms with van der Waals surface area (Å²) in [7, 11) is 1.57. The predicted molar refractivity (Wildman–Crippen MR) is 121 cm³/mol. The van der Waals surface area contributed by atoms with Crippen LogP contribution in [0.2, 0.25) is 0 Å². The van der Waals surface area contributed by atoms with Crippen LogP contribution < -0.4 is 25.0 Å². The number of fused-ring (bicyclic) bond motifs is 1. The van der Waals surface area contributed by atoms with E-state index in [2.05, 4.69) is 5.32 Å². The molecule has 3 aromatic carbocycles. The highest BCUT2D eigenvalue weighted by Crippen LogP contribution is 2.25. The largest absolute Gasteiger partial charge is 0.497 e. The fraction of sp³-hybridized carbons (Fsp3) is 0.120. The van der Waals surface area contributed by atoms with Crippen molar-refractivity contribution in [2.24, 2.45) is 0 Å². The number of carbonyl (C=O) groups is 1. The summed E-state index contributed by atoms with van der Waals surface area (Å²) >= 11 is 0. The monoisotopic (exact) mass is 431 g/mol. The molecule has 1 amide bonds. The van der Waals surface area contributed by atoms with Gasteiger partial charge in [0.25, 0.3) is 5.91 Å². The number of anilines is 1. The first kappa shape index (κ1) is 21.0. The Balaban J connectivity index is 1.43. The standard InChI is InChI=1S/C25H21NO6/c1-16-3-5-17(6-4-16)26-24(27)15-30-20-11-12-21-22(13-20)31-14-23(25(21)28)32-19-9-7-18(29-2)8-10-19/h3-14H,15H2,1-2H3,(H,26,27). The fourth-order valence-corrected chi connectivity index (χ4v) is 3.00. The van der Waals surface area contributed by atoms with Crippen molar-refractivity contribution in [3.63, 3.8) is 0 Å².